The van der Waals surface area contributed by atoms with Crippen LogP contribution in [0, 0.1) is 6.92 Å². The average molecular weight is 655 g/mol. The summed E-state index contributed by atoms with van der Waals surface area (Å²) in [5.41, 5.74) is 4.90. The van der Waals surface area contributed by atoms with Crippen molar-refractivity contribution < 1.29 is 27.1 Å². The molecular weight excluding hydrogens is 620 g/mol. The number of nitrogens with one attached hydrogen (secondary N) is 1. The van der Waals surface area contributed by atoms with Gasteiger partial charge < -0.3 is 15.0 Å². The number of benzene rings is 3. The number of halogens is 4. The molecule has 2 amide bonds. The first-order valence-corrected chi connectivity index (χ1v) is 15.8. The smallest absolute Gasteiger partial charge is 0.406 e. The highest BCUT2D eigenvalue weighted by molar-refractivity contribution is 8.14. The Hall–Kier alpha value is -4.39. The lowest BCUT2D eigenvalue weighted by atomic mass is 9.95. The molecule has 2 heterocycles. The Balaban J connectivity index is 1.22. The Morgan fingerprint density at radius 3 is 2.50 bits per heavy atom. The van der Waals surface area contributed by atoms with Gasteiger partial charge in [-0.05, 0) is 73.2 Å². The topological polar surface area (TPSA) is 84.6 Å². The van der Waals surface area contributed by atoms with Crippen LogP contribution in [0.2, 0.25) is 0 Å². The van der Waals surface area contributed by atoms with Gasteiger partial charge in [-0.15, -0.1) is 18.3 Å². The molecule has 1 aliphatic rings. The number of nitrogens with zero attached hydrogens (tertiary/aromatic N) is 5. The van der Waals surface area contributed by atoms with Gasteiger partial charge in [-0.1, -0.05) is 62.0 Å². The van der Waals surface area contributed by atoms with Gasteiger partial charge in [0, 0.05) is 23.0 Å². The fourth-order valence-corrected chi connectivity index (χ4v) is 6.55. The molecule has 2 atom stereocenters. The fourth-order valence-electron chi connectivity index (χ4n) is 5.34. The van der Waals surface area contributed by atoms with Crippen molar-refractivity contribution in [2.24, 2.45) is 4.99 Å². The number of hydrogen-bond acceptors (Lipinski definition) is 5. The Labute approximate surface area is 268 Å². The molecule has 1 N–H and O–H groups in total. The Bertz CT molecular complexity index is 1690. The molecule has 0 aliphatic carbocycles. The molecule has 1 fully saturated rings. The van der Waals surface area contributed by atoms with Gasteiger partial charge in [0.25, 0.3) is 0 Å². The number of alkyl halides is 4. The first kappa shape index (κ1) is 33.0. The van der Waals surface area contributed by atoms with Crippen LogP contribution in [-0.4, -0.2) is 50.7 Å². The quantitative estimate of drug-likeness (QED) is 0.192. The standard InChI is InChI=1S/C33H34F4N6O2S/c1-20(2)29-21(3)6-5-7-28(29)43-22(4)16-17-46-32(43)40-31(44)38-18-27(34)23-8-10-24(11-9-23)30-39-19-42(41-30)25-12-14-26(15-13-25)45-33(35,36)37/h5-15,19-20,22,27H,16-18H2,1-4H3,(H,38,44)/b40-32-. The van der Waals surface area contributed by atoms with E-state index in [1.807, 2.05) is 6.07 Å². The number of amidine groups is 1. The van der Waals surface area contributed by atoms with Crippen LogP contribution in [0.3, 0.4) is 0 Å². The van der Waals surface area contributed by atoms with Crippen molar-refractivity contribution in [2.75, 3.05) is 17.2 Å². The lowest BCUT2D eigenvalue weighted by Crippen LogP contribution is -2.43. The summed E-state index contributed by atoms with van der Waals surface area (Å²) in [4.78, 5) is 23.6. The molecule has 5 rings (SSSR count). The zero-order chi connectivity index (χ0) is 33.0. The Morgan fingerprint density at radius 2 is 1.83 bits per heavy atom. The first-order valence-electron chi connectivity index (χ1n) is 14.8. The molecule has 4 aromatic rings. The van der Waals surface area contributed by atoms with E-state index in [2.05, 4.69) is 69.9 Å². The summed E-state index contributed by atoms with van der Waals surface area (Å²) < 4.78 is 57.7. The third-order valence-electron chi connectivity index (χ3n) is 7.54. The van der Waals surface area contributed by atoms with E-state index in [4.69, 9.17) is 0 Å². The maximum absolute atomic E-state index is 15.2. The third kappa shape index (κ3) is 7.87. The van der Waals surface area contributed by atoms with Crippen molar-refractivity contribution in [3.8, 4) is 22.8 Å². The van der Waals surface area contributed by atoms with Crippen molar-refractivity contribution in [1.29, 1.82) is 0 Å². The highest BCUT2D eigenvalue weighted by Crippen LogP contribution is 2.36. The van der Waals surface area contributed by atoms with E-state index in [0.717, 1.165) is 17.9 Å². The second-order valence-corrected chi connectivity index (χ2v) is 12.3. The van der Waals surface area contributed by atoms with Crippen LogP contribution in [0.5, 0.6) is 5.75 Å². The number of urea groups is 1. The van der Waals surface area contributed by atoms with E-state index in [0.29, 0.717) is 27.8 Å². The summed E-state index contributed by atoms with van der Waals surface area (Å²) in [5, 5.41) is 7.57. The lowest BCUT2D eigenvalue weighted by molar-refractivity contribution is -0.274. The SMILES string of the molecule is Cc1cccc(N2/C(=N/C(=O)NCC(F)c3ccc(-c4ncn(-c5ccc(OC(F)(F)F)cc5)n4)cc3)SCCC2C)c1C(C)C. The van der Waals surface area contributed by atoms with Gasteiger partial charge >= 0.3 is 12.4 Å². The first-order chi connectivity index (χ1) is 21.9. The van der Waals surface area contributed by atoms with Crippen LogP contribution in [0.4, 0.5) is 28.0 Å². The van der Waals surface area contributed by atoms with E-state index >= 15 is 4.39 Å². The molecular formula is C33H34F4N6O2S. The lowest BCUT2D eigenvalue weighted by Gasteiger charge is -2.37. The van der Waals surface area contributed by atoms with Crippen molar-refractivity contribution in [3.63, 3.8) is 0 Å². The maximum atomic E-state index is 15.2. The molecule has 0 bridgehead atoms. The summed E-state index contributed by atoms with van der Waals surface area (Å²) in [7, 11) is 0. The molecule has 46 heavy (non-hydrogen) atoms. The van der Waals surface area contributed by atoms with Crippen LogP contribution in [0.1, 0.15) is 56.0 Å². The minimum atomic E-state index is -4.78. The predicted molar refractivity (Wildman–Crippen MR) is 172 cm³/mol. The van der Waals surface area contributed by atoms with Crippen LogP contribution < -0.4 is 15.0 Å². The molecule has 0 saturated carbocycles. The van der Waals surface area contributed by atoms with Crippen LogP contribution in [0.25, 0.3) is 17.1 Å². The molecule has 1 saturated heterocycles. The van der Waals surface area contributed by atoms with Gasteiger partial charge in [-0.3, -0.25) is 0 Å². The van der Waals surface area contributed by atoms with Crippen molar-refractivity contribution in [1.82, 2.24) is 20.1 Å². The monoisotopic (exact) mass is 654 g/mol. The molecule has 1 aliphatic heterocycles. The molecule has 13 heteroatoms. The Kier molecular flexibility index (Phi) is 10.00. The fraction of sp³-hybridized carbons (Fsp3) is 0.333. The number of aliphatic imine (C=N–C) groups is 1. The van der Waals surface area contributed by atoms with Crippen LogP contribution >= 0.6 is 11.8 Å². The van der Waals surface area contributed by atoms with Gasteiger partial charge in [-0.2, -0.15) is 4.99 Å². The summed E-state index contributed by atoms with van der Waals surface area (Å²) in [5.74, 6) is 1.13. The minimum Gasteiger partial charge on any atom is -0.406 e. The number of amides is 2. The number of anilines is 1. The highest BCUT2D eigenvalue weighted by Gasteiger charge is 2.31. The van der Waals surface area contributed by atoms with Gasteiger partial charge in [0.2, 0.25) is 0 Å². The number of carbonyl (C=O) groups excluding carboxylic acids is 1. The largest absolute Gasteiger partial charge is 0.573 e. The third-order valence-corrected chi connectivity index (χ3v) is 8.52. The van der Waals surface area contributed by atoms with E-state index < -0.39 is 18.6 Å². The average Bonchev–Trinajstić information content (AvgIpc) is 3.50. The number of thioether (sulfide) groups is 1. The van der Waals surface area contributed by atoms with Gasteiger partial charge in [0.05, 0.1) is 12.2 Å². The van der Waals surface area contributed by atoms with E-state index in [9.17, 15) is 18.0 Å². The molecule has 1 aromatic heterocycles. The normalized spacial score (nSPS) is 16.9. The predicted octanol–water partition coefficient (Wildman–Crippen LogP) is 8.37. The molecule has 3 aromatic carbocycles. The molecule has 0 radical (unpaired) electrons. The van der Waals surface area contributed by atoms with E-state index in [-0.39, 0.29) is 24.3 Å². The summed E-state index contributed by atoms with van der Waals surface area (Å²) in [6.45, 7) is 8.25. The molecule has 2 unspecified atom stereocenters. The summed E-state index contributed by atoms with van der Waals surface area (Å²) in [6, 6.07) is 17.4. The number of aryl methyl sites for hydroxylation is 1. The molecule has 242 valence electrons. The molecule has 0 spiro atoms. The number of ether oxygens (including phenoxy) is 1. The van der Waals surface area contributed by atoms with Crippen LogP contribution in [-0.2, 0) is 0 Å². The number of aromatic nitrogens is 3. The zero-order valence-corrected chi connectivity index (χ0v) is 26.6. The van der Waals surface area contributed by atoms with Crippen molar-refractivity contribution in [2.45, 2.75) is 58.6 Å². The van der Waals surface area contributed by atoms with Gasteiger partial charge in [0.15, 0.2) is 11.0 Å². The number of hydrogen-bond donors (Lipinski definition) is 1. The Morgan fingerprint density at radius 1 is 1.11 bits per heavy atom. The van der Waals surface area contributed by atoms with Crippen LogP contribution in [0.15, 0.2) is 78.0 Å². The molecule has 8 nitrogen and oxygen atoms in total. The van der Waals surface area contributed by atoms with E-state index in [1.165, 1.54) is 58.2 Å². The number of carbonyl (C=O) groups is 1. The number of rotatable bonds is 8. The highest BCUT2D eigenvalue weighted by atomic mass is 32.2. The zero-order valence-electron chi connectivity index (χ0n) is 25.8. The second kappa shape index (κ2) is 13.9. The maximum Gasteiger partial charge on any atom is 0.573 e. The van der Waals surface area contributed by atoms with Crippen molar-refractivity contribution >= 4 is 28.6 Å². The van der Waals surface area contributed by atoms with Gasteiger partial charge in [-0.25, -0.2) is 18.9 Å². The summed E-state index contributed by atoms with van der Waals surface area (Å²) in [6.07, 6.45) is -3.88. The van der Waals surface area contributed by atoms with E-state index in [1.54, 1.807) is 24.3 Å². The minimum absolute atomic E-state index is 0.152. The second-order valence-electron chi connectivity index (χ2n) is 11.2. The van der Waals surface area contributed by atoms with Gasteiger partial charge in [0.1, 0.15) is 18.2 Å². The van der Waals surface area contributed by atoms with Crippen molar-refractivity contribution in [3.05, 3.63) is 89.7 Å². The summed E-state index contributed by atoms with van der Waals surface area (Å²) >= 11 is 1.52.